The van der Waals surface area contributed by atoms with Gasteiger partial charge in [0.2, 0.25) is 0 Å². The smallest absolute Gasteiger partial charge is 0.198 e. The summed E-state index contributed by atoms with van der Waals surface area (Å²) >= 11 is 11.2. The Balaban J connectivity index is 2.25. The summed E-state index contributed by atoms with van der Waals surface area (Å²) in [5.41, 5.74) is 1.26. The van der Waals surface area contributed by atoms with Gasteiger partial charge in [0.1, 0.15) is 6.10 Å². The van der Waals surface area contributed by atoms with Gasteiger partial charge in [-0.15, -0.1) is 0 Å². The molecular formula is C13H24Cl2O2Si. The lowest BCUT2D eigenvalue weighted by molar-refractivity contribution is 0.000970. The van der Waals surface area contributed by atoms with E-state index in [1.165, 1.54) is 5.54 Å². The maximum absolute atomic E-state index is 6.19. The molecule has 0 aromatic heterocycles. The van der Waals surface area contributed by atoms with Crippen LogP contribution in [-0.4, -0.2) is 21.0 Å². The molecule has 0 spiro atoms. The molecule has 0 heterocycles. The van der Waals surface area contributed by atoms with Crippen molar-refractivity contribution in [2.45, 2.75) is 57.8 Å². The van der Waals surface area contributed by atoms with E-state index < -0.39 is 8.32 Å². The molecule has 1 saturated carbocycles. The van der Waals surface area contributed by atoms with Crippen LogP contribution in [0.4, 0.5) is 0 Å². The topological polar surface area (TPSA) is 18.5 Å². The van der Waals surface area contributed by atoms with Crippen molar-refractivity contribution >= 4 is 31.5 Å². The highest BCUT2D eigenvalue weighted by atomic mass is 35.5. The van der Waals surface area contributed by atoms with E-state index in [1.807, 2.05) is 0 Å². The first-order valence-electron chi connectivity index (χ1n) is 6.42. The second-order valence-electron chi connectivity index (χ2n) is 6.56. The van der Waals surface area contributed by atoms with Crippen LogP contribution >= 0.6 is 23.2 Å². The average molecular weight is 311 g/mol. The summed E-state index contributed by atoms with van der Waals surface area (Å²) in [6.07, 6.45) is 2.23. The first-order valence-corrected chi connectivity index (χ1v) is 10.1. The predicted molar refractivity (Wildman–Crippen MR) is 80.5 cm³/mol. The van der Waals surface area contributed by atoms with E-state index in [2.05, 4.69) is 33.9 Å². The number of ether oxygens (including phenoxy) is 1. The Kier molecular flexibility index (Phi) is 5.60. The molecule has 0 N–H and O–H groups in total. The van der Waals surface area contributed by atoms with E-state index in [1.54, 1.807) is 0 Å². The van der Waals surface area contributed by atoms with Gasteiger partial charge in [-0.3, -0.25) is 0 Å². The zero-order chi connectivity index (χ0) is 14.0. The fourth-order valence-corrected chi connectivity index (χ4v) is 2.90. The quantitative estimate of drug-likeness (QED) is 0.521. The molecule has 2 nitrogen and oxygen atoms in total. The Labute approximate surface area is 122 Å². The molecule has 0 aromatic rings. The van der Waals surface area contributed by atoms with Crippen molar-refractivity contribution in [2.24, 2.45) is 5.92 Å². The average Bonchev–Trinajstić information content (AvgIpc) is 2.18. The minimum absolute atomic E-state index is 0.209. The SMILES string of the molecule is CC(C)(C)[Si](C)(C)OCC1CC(O/C(Cl)=C\Cl)C1. The van der Waals surface area contributed by atoms with Crippen LogP contribution in [0.2, 0.25) is 18.1 Å². The van der Waals surface area contributed by atoms with Gasteiger partial charge in [0.05, 0.1) is 5.54 Å². The summed E-state index contributed by atoms with van der Waals surface area (Å²) in [4.78, 5) is 0. The van der Waals surface area contributed by atoms with E-state index in [0.29, 0.717) is 5.92 Å². The third kappa shape index (κ3) is 4.44. The number of hydrogen-bond donors (Lipinski definition) is 0. The van der Waals surface area contributed by atoms with Crippen molar-refractivity contribution in [1.82, 2.24) is 0 Å². The Morgan fingerprint density at radius 1 is 1.33 bits per heavy atom. The zero-order valence-corrected chi connectivity index (χ0v) is 14.4. The molecule has 0 unspecified atom stereocenters. The first kappa shape index (κ1) is 16.4. The molecule has 106 valence electrons. The maximum Gasteiger partial charge on any atom is 0.198 e. The van der Waals surface area contributed by atoms with Crippen LogP contribution in [0.5, 0.6) is 0 Å². The van der Waals surface area contributed by atoms with Crippen molar-refractivity contribution < 1.29 is 9.16 Å². The Bertz CT molecular complexity index is 305. The van der Waals surface area contributed by atoms with Gasteiger partial charge in [-0.1, -0.05) is 32.4 Å². The van der Waals surface area contributed by atoms with Gasteiger partial charge < -0.3 is 9.16 Å². The molecule has 0 bridgehead atoms. The van der Waals surface area contributed by atoms with Gasteiger partial charge in [0, 0.05) is 6.61 Å². The molecular weight excluding hydrogens is 287 g/mol. The summed E-state index contributed by atoms with van der Waals surface area (Å²) < 4.78 is 11.6. The molecule has 0 radical (unpaired) electrons. The molecule has 1 aliphatic carbocycles. The second kappa shape index (κ2) is 6.17. The summed E-state index contributed by atoms with van der Waals surface area (Å²) in [5.74, 6) is 0.601. The van der Waals surface area contributed by atoms with E-state index in [4.69, 9.17) is 32.4 Å². The molecule has 1 rings (SSSR count). The fourth-order valence-electron chi connectivity index (χ4n) is 1.63. The van der Waals surface area contributed by atoms with E-state index in [0.717, 1.165) is 19.4 Å². The summed E-state index contributed by atoms with van der Waals surface area (Å²) in [5, 5.41) is 0.558. The number of halogens is 2. The van der Waals surface area contributed by atoms with Gasteiger partial charge >= 0.3 is 0 Å². The van der Waals surface area contributed by atoms with Crippen molar-refractivity contribution in [3.63, 3.8) is 0 Å². The van der Waals surface area contributed by atoms with Crippen LogP contribution in [0.15, 0.2) is 10.8 Å². The minimum atomic E-state index is -1.61. The number of hydrogen-bond acceptors (Lipinski definition) is 2. The fraction of sp³-hybridized carbons (Fsp3) is 0.846. The van der Waals surface area contributed by atoms with E-state index in [-0.39, 0.29) is 16.4 Å². The summed E-state index contributed by atoms with van der Waals surface area (Å²) in [6, 6.07) is 0. The van der Waals surface area contributed by atoms with Crippen molar-refractivity contribution in [1.29, 1.82) is 0 Å². The lowest BCUT2D eigenvalue weighted by atomic mass is 9.83. The van der Waals surface area contributed by atoms with Crippen molar-refractivity contribution in [3.05, 3.63) is 10.8 Å². The van der Waals surface area contributed by atoms with Crippen molar-refractivity contribution in [2.75, 3.05) is 6.61 Å². The molecule has 0 aromatic carbocycles. The highest BCUT2D eigenvalue weighted by molar-refractivity contribution is 6.74. The molecule has 0 atom stereocenters. The third-order valence-corrected chi connectivity index (χ3v) is 9.05. The normalized spacial score (nSPS) is 25.8. The largest absolute Gasteiger partial charge is 0.479 e. The van der Waals surface area contributed by atoms with Gasteiger partial charge in [0.15, 0.2) is 13.5 Å². The number of rotatable bonds is 5. The first-order chi connectivity index (χ1) is 8.15. The van der Waals surface area contributed by atoms with Crippen LogP contribution in [0.3, 0.4) is 0 Å². The molecule has 18 heavy (non-hydrogen) atoms. The molecule has 1 aliphatic rings. The van der Waals surface area contributed by atoms with Crippen molar-refractivity contribution in [3.8, 4) is 0 Å². The van der Waals surface area contributed by atoms with Crippen LogP contribution in [0.25, 0.3) is 0 Å². The van der Waals surface area contributed by atoms with Crippen LogP contribution in [0, 0.1) is 5.92 Å². The van der Waals surface area contributed by atoms with Gasteiger partial charge in [0.25, 0.3) is 0 Å². The predicted octanol–water partition coefficient (Wildman–Crippen LogP) is 5.08. The van der Waals surface area contributed by atoms with Crippen LogP contribution < -0.4 is 0 Å². The molecule has 1 fully saturated rings. The van der Waals surface area contributed by atoms with E-state index in [9.17, 15) is 0 Å². The van der Waals surface area contributed by atoms with Gasteiger partial charge in [-0.05, 0) is 48.5 Å². The molecule has 0 amide bonds. The van der Waals surface area contributed by atoms with E-state index >= 15 is 0 Å². The highest BCUT2D eigenvalue weighted by Crippen LogP contribution is 2.39. The zero-order valence-electron chi connectivity index (χ0n) is 11.9. The summed E-state index contributed by atoms with van der Waals surface area (Å²) in [7, 11) is -1.61. The maximum atomic E-state index is 6.19. The second-order valence-corrected chi connectivity index (χ2v) is 12.0. The Morgan fingerprint density at radius 3 is 2.33 bits per heavy atom. The standard InChI is InChI=1S/C13H24Cl2O2Si/c1-13(2,3)18(4,5)16-9-10-6-11(7-10)17-12(15)8-14/h8,10-11H,6-7,9H2,1-5H3/b12-8-. The Hall–Kier alpha value is 0.297. The molecule has 5 heteroatoms. The Morgan fingerprint density at radius 2 is 1.89 bits per heavy atom. The monoisotopic (exact) mass is 310 g/mol. The molecule has 0 aliphatic heterocycles. The van der Waals surface area contributed by atoms with Crippen LogP contribution in [-0.2, 0) is 9.16 Å². The lowest BCUT2D eigenvalue weighted by Crippen LogP contribution is -2.44. The minimum Gasteiger partial charge on any atom is -0.479 e. The van der Waals surface area contributed by atoms with Gasteiger partial charge in [-0.25, -0.2) is 0 Å². The van der Waals surface area contributed by atoms with Crippen LogP contribution in [0.1, 0.15) is 33.6 Å². The lowest BCUT2D eigenvalue weighted by Gasteiger charge is -2.40. The van der Waals surface area contributed by atoms with Gasteiger partial charge in [-0.2, -0.15) is 0 Å². The third-order valence-electron chi connectivity index (χ3n) is 4.04. The highest BCUT2D eigenvalue weighted by Gasteiger charge is 2.39. The molecule has 0 saturated heterocycles. The summed E-state index contributed by atoms with van der Waals surface area (Å²) in [6.45, 7) is 12.2.